The van der Waals surface area contributed by atoms with Gasteiger partial charge in [-0.05, 0) is 48.8 Å². The highest BCUT2D eigenvalue weighted by Gasteiger charge is 2.33. The molecule has 0 saturated heterocycles. The molecule has 1 amide bonds. The zero-order valence-electron chi connectivity index (χ0n) is 13.2. The minimum atomic E-state index is -0.428. The van der Waals surface area contributed by atoms with Crippen LogP contribution in [0, 0.1) is 17.8 Å². The first kappa shape index (κ1) is 17.4. The minimum absolute atomic E-state index is 0.0217. The Morgan fingerprint density at radius 3 is 2.64 bits per heavy atom. The Kier molecular flexibility index (Phi) is 5.99. The van der Waals surface area contributed by atoms with Crippen molar-refractivity contribution in [3.8, 4) is 0 Å². The lowest BCUT2D eigenvalue weighted by molar-refractivity contribution is 0.0126. The molecule has 1 aliphatic carbocycles. The van der Waals surface area contributed by atoms with E-state index in [1.807, 2.05) is 0 Å². The number of halogens is 2. The highest BCUT2D eigenvalue weighted by molar-refractivity contribution is 6.42. The first-order valence-corrected chi connectivity index (χ1v) is 8.55. The maximum Gasteiger partial charge on any atom is 0.411 e. The van der Waals surface area contributed by atoms with Crippen LogP contribution in [0.3, 0.4) is 0 Å². The number of nitrogens with one attached hydrogen (secondary N) is 1. The largest absolute Gasteiger partial charge is 0.446 e. The van der Waals surface area contributed by atoms with Gasteiger partial charge in [0, 0.05) is 5.69 Å². The second-order valence-corrected chi connectivity index (χ2v) is 7.34. The molecule has 1 saturated carbocycles. The summed E-state index contributed by atoms with van der Waals surface area (Å²) in [5.74, 6) is 1.53. The molecule has 3 atom stereocenters. The molecule has 122 valence electrons. The van der Waals surface area contributed by atoms with Crippen LogP contribution in [0.25, 0.3) is 0 Å². The lowest BCUT2D eigenvalue weighted by atomic mass is 9.75. The van der Waals surface area contributed by atoms with E-state index >= 15 is 0 Å². The van der Waals surface area contributed by atoms with Crippen molar-refractivity contribution in [2.24, 2.45) is 17.8 Å². The molecule has 0 radical (unpaired) electrons. The molecule has 1 aliphatic rings. The average Bonchev–Trinajstić information content (AvgIpc) is 2.42. The zero-order chi connectivity index (χ0) is 16.3. The fraction of sp³-hybridized carbons (Fsp3) is 0.588. The van der Waals surface area contributed by atoms with Crippen molar-refractivity contribution >= 4 is 35.0 Å². The topological polar surface area (TPSA) is 38.3 Å². The molecule has 1 fully saturated rings. The molecule has 0 bridgehead atoms. The zero-order valence-corrected chi connectivity index (χ0v) is 14.7. The van der Waals surface area contributed by atoms with Gasteiger partial charge in [-0.2, -0.15) is 0 Å². The van der Waals surface area contributed by atoms with Crippen molar-refractivity contribution in [1.29, 1.82) is 0 Å². The van der Waals surface area contributed by atoms with Gasteiger partial charge in [0.25, 0.3) is 0 Å². The normalized spacial score (nSPS) is 25.1. The summed E-state index contributed by atoms with van der Waals surface area (Å²) in [6.07, 6.45) is 2.80. The van der Waals surface area contributed by atoms with Crippen LogP contribution in [0.5, 0.6) is 0 Å². The molecule has 0 aliphatic heterocycles. The van der Waals surface area contributed by atoms with Crippen molar-refractivity contribution in [3.05, 3.63) is 28.2 Å². The van der Waals surface area contributed by atoms with E-state index in [9.17, 15) is 4.79 Å². The number of hydrogen-bond acceptors (Lipinski definition) is 2. The van der Waals surface area contributed by atoms with E-state index in [1.54, 1.807) is 18.2 Å². The summed E-state index contributed by atoms with van der Waals surface area (Å²) in [5, 5.41) is 3.60. The SMILES string of the molecule is CC(C)[C@@H]1CC[C@H](C)C[C@H]1OC(=O)Nc1ccc(Cl)c(Cl)c1. The Morgan fingerprint density at radius 2 is 2.00 bits per heavy atom. The first-order chi connectivity index (χ1) is 10.4. The Bertz CT molecular complexity index is 533. The third-order valence-corrected chi connectivity index (χ3v) is 5.12. The number of rotatable bonds is 3. The Balaban J connectivity index is 1.98. The number of amides is 1. The smallest absolute Gasteiger partial charge is 0.411 e. The molecule has 1 aromatic rings. The highest BCUT2D eigenvalue weighted by Crippen LogP contribution is 2.35. The average molecular weight is 344 g/mol. The number of benzene rings is 1. The van der Waals surface area contributed by atoms with Gasteiger partial charge in [-0.15, -0.1) is 0 Å². The summed E-state index contributed by atoms with van der Waals surface area (Å²) in [6, 6.07) is 4.98. The predicted octanol–water partition coefficient (Wildman–Crippen LogP) is 6.00. The fourth-order valence-electron chi connectivity index (χ4n) is 3.11. The van der Waals surface area contributed by atoms with Crippen LogP contribution in [0.15, 0.2) is 18.2 Å². The summed E-state index contributed by atoms with van der Waals surface area (Å²) < 4.78 is 5.68. The van der Waals surface area contributed by atoms with E-state index in [4.69, 9.17) is 27.9 Å². The first-order valence-electron chi connectivity index (χ1n) is 7.79. The molecule has 3 nitrogen and oxygen atoms in total. The Morgan fingerprint density at radius 1 is 1.27 bits per heavy atom. The van der Waals surface area contributed by atoms with Gasteiger partial charge in [0.1, 0.15) is 6.10 Å². The number of carbonyl (C=O) groups excluding carboxylic acids is 1. The standard InChI is InChI=1S/C17H23Cl2NO2/c1-10(2)13-6-4-11(3)8-16(13)22-17(21)20-12-5-7-14(18)15(19)9-12/h5,7,9-11,13,16H,4,6,8H2,1-3H3,(H,20,21)/t11-,13-,16+/m0/s1. The van der Waals surface area contributed by atoms with Gasteiger partial charge in [0.2, 0.25) is 0 Å². The molecular weight excluding hydrogens is 321 g/mol. The van der Waals surface area contributed by atoms with Crippen LogP contribution in [0.2, 0.25) is 10.0 Å². The molecule has 0 spiro atoms. The highest BCUT2D eigenvalue weighted by atomic mass is 35.5. The number of anilines is 1. The summed E-state index contributed by atoms with van der Waals surface area (Å²) in [7, 11) is 0. The fourth-order valence-corrected chi connectivity index (χ4v) is 3.41. The summed E-state index contributed by atoms with van der Waals surface area (Å²) in [6.45, 7) is 6.59. The number of hydrogen-bond donors (Lipinski definition) is 1. The van der Waals surface area contributed by atoms with Gasteiger partial charge in [0.05, 0.1) is 10.0 Å². The predicted molar refractivity (Wildman–Crippen MR) is 91.7 cm³/mol. The van der Waals surface area contributed by atoms with Crippen molar-refractivity contribution in [3.63, 3.8) is 0 Å². The maximum absolute atomic E-state index is 12.1. The quantitative estimate of drug-likeness (QED) is 0.730. The van der Waals surface area contributed by atoms with Crippen LogP contribution in [-0.2, 0) is 4.74 Å². The Labute approximate surface area is 142 Å². The summed E-state index contributed by atoms with van der Waals surface area (Å²) in [5.41, 5.74) is 0.587. The third kappa shape index (κ3) is 4.53. The van der Waals surface area contributed by atoms with Crippen molar-refractivity contribution < 1.29 is 9.53 Å². The molecule has 2 rings (SSSR count). The molecule has 5 heteroatoms. The van der Waals surface area contributed by atoms with Gasteiger partial charge in [-0.1, -0.05) is 50.4 Å². The lowest BCUT2D eigenvalue weighted by Crippen LogP contribution is -2.36. The number of carbonyl (C=O) groups is 1. The van der Waals surface area contributed by atoms with Crippen LogP contribution in [0.4, 0.5) is 10.5 Å². The van der Waals surface area contributed by atoms with Gasteiger partial charge in [0.15, 0.2) is 0 Å². The molecule has 22 heavy (non-hydrogen) atoms. The van der Waals surface area contributed by atoms with E-state index in [0.29, 0.717) is 33.5 Å². The van der Waals surface area contributed by atoms with Gasteiger partial charge < -0.3 is 4.74 Å². The maximum atomic E-state index is 12.1. The lowest BCUT2D eigenvalue weighted by Gasteiger charge is -2.36. The second kappa shape index (κ2) is 7.56. The van der Waals surface area contributed by atoms with Crippen LogP contribution in [-0.4, -0.2) is 12.2 Å². The molecule has 1 aromatic carbocycles. The number of ether oxygens (including phenoxy) is 1. The second-order valence-electron chi connectivity index (χ2n) is 6.52. The van der Waals surface area contributed by atoms with Crippen LogP contribution < -0.4 is 5.32 Å². The van der Waals surface area contributed by atoms with Crippen LogP contribution >= 0.6 is 23.2 Å². The summed E-state index contributed by atoms with van der Waals surface area (Å²) in [4.78, 5) is 12.1. The van der Waals surface area contributed by atoms with E-state index in [1.165, 1.54) is 6.42 Å². The van der Waals surface area contributed by atoms with Crippen molar-refractivity contribution in [2.75, 3.05) is 5.32 Å². The van der Waals surface area contributed by atoms with E-state index in [-0.39, 0.29) is 6.10 Å². The van der Waals surface area contributed by atoms with Gasteiger partial charge in [-0.25, -0.2) is 4.79 Å². The minimum Gasteiger partial charge on any atom is -0.446 e. The Hall–Kier alpha value is -0.930. The van der Waals surface area contributed by atoms with E-state index in [2.05, 4.69) is 26.1 Å². The van der Waals surface area contributed by atoms with Gasteiger partial charge >= 0.3 is 6.09 Å². The monoisotopic (exact) mass is 343 g/mol. The third-order valence-electron chi connectivity index (χ3n) is 4.39. The van der Waals surface area contributed by atoms with Gasteiger partial charge in [-0.3, -0.25) is 5.32 Å². The molecule has 0 unspecified atom stereocenters. The van der Waals surface area contributed by atoms with E-state index in [0.717, 1.165) is 12.8 Å². The summed E-state index contributed by atoms with van der Waals surface area (Å²) >= 11 is 11.8. The molecular formula is C17H23Cl2NO2. The van der Waals surface area contributed by atoms with Crippen molar-refractivity contribution in [2.45, 2.75) is 46.1 Å². The van der Waals surface area contributed by atoms with Crippen LogP contribution in [0.1, 0.15) is 40.0 Å². The molecule has 0 aromatic heterocycles. The van der Waals surface area contributed by atoms with E-state index < -0.39 is 6.09 Å². The van der Waals surface area contributed by atoms with Crippen molar-refractivity contribution in [1.82, 2.24) is 0 Å². The molecule has 0 heterocycles. The molecule has 1 N–H and O–H groups in total.